The molecule has 10 nitrogen and oxygen atoms in total. The fourth-order valence-corrected chi connectivity index (χ4v) is 4.85. The number of aromatic amines is 1. The van der Waals surface area contributed by atoms with Gasteiger partial charge in [0.25, 0.3) is 5.56 Å². The van der Waals surface area contributed by atoms with E-state index in [1.165, 1.54) is 21.2 Å². The van der Waals surface area contributed by atoms with Gasteiger partial charge in [-0.15, -0.1) is 10.2 Å². The number of fused-ring (bicyclic) bond motifs is 1. The Balaban J connectivity index is 1.57. The summed E-state index contributed by atoms with van der Waals surface area (Å²) in [6.07, 6.45) is 4.18. The van der Waals surface area contributed by atoms with Crippen molar-refractivity contribution in [2.75, 3.05) is 22.9 Å². The van der Waals surface area contributed by atoms with Gasteiger partial charge in [0.2, 0.25) is 5.91 Å². The van der Waals surface area contributed by atoms with Crippen LogP contribution in [-0.2, 0) is 24.3 Å². The number of hydrogen-bond donors (Lipinski definition) is 2. The average molecular weight is 470 g/mol. The minimum atomic E-state index is -0.682. The Morgan fingerprint density at radius 2 is 1.97 bits per heavy atom. The van der Waals surface area contributed by atoms with Crippen molar-refractivity contribution in [3.05, 3.63) is 62.6 Å². The van der Waals surface area contributed by atoms with Gasteiger partial charge in [0.1, 0.15) is 11.6 Å². The van der Waals surface area contributed by atoms with Gasteiger partial charge in [0.15, 0.2) is 10.8 Å². The molecule has 0 bridgehead atoms. The molecule has 0 saturated carbocycles. The minimum absolute atomic E-state index is 0.0151. The normalized spacial score (nSPS) is 13.4. The monoisotopic (exact) mass is 469 g/mol. The largest absolute Gasteiger partial charge is 0.383 e. The van der Waals surface area contributed by atoms with Crippen molar-refractivity contribution < 1.29 is 4.79 Å². The third kappa shape index (κ3) is 4.87. The first-order chi connectivity index (χ1) is 16.0. The summed E-state index contributed by atoms with van der Waals surface area (Å²) < 4.78 is 3.34. The maximum atomic E-state index is 13.1. The molecule has 0 aliphatic carbocycles. The van der Waals surface area contributed by atoms with Crippen molar-refractivity contribution in [1.29, 1.82) is 0 Å². The molecule has 4 rings (SSSR count). The highest BCUT2D eigenvalue weighted by Crippen LogP contribution is 2.24. The van der Waals surface area contributed by atoms with E-state index in [0.717, 1.165) is 43.6 Å². The highest BCUT2D eigenvalue weighted by atomic mass is 32.2. The van der Waals surface area contributed by atoms with Crippen molar-refractivity contribution in [2.45, 2.75) is 50.9 Å². The van der Waals surface area contributed by atoms with E-state index in [4.69, 9.17) is 5.73 Å². The van der Waals surface area contributed by atoms with Gasteiger partial charge in [-0.25, -0.2) is 4.79 Å². The summed E-state index contributed by atoms with van der Waals surface area (Å²) in [6, 6.07) is 9.30. The van der Waals surface area contributed by atoms with Gasteiger partial charge in [-0.1, -0.05) is 48.5 Å². The van der Waals surface area contributed by atoms with E-state index in [1.807, 2.05) is 30.3 Å². The number of aromatic nitrogens is 5. The van der Waals surface area contributed by atoms with Crippen molar-refractivity contribution >= 4 is 29.2 Å². The molecule has 11 heteroatoms. The lowest BCUT2D eigenvalue weighted by Crippen LogP contribution is -2.41. The predicted molar refractivity (Wildman–Crippen MR) is 128 cm³/mol. The van der Waals surface area contributed by atoms with Crippen molar-refractivity contribution in [3.63, 3.8) is 0 Å². The molecule has 33 heavy (non-hydrogen) atoms. The van der Waals surface area contributed by atoms with Gasteiger partial charge >= 0.3 is 5.69 Å². The number of aryl methyl sites for hydroxylation is 1. The Bertz CT molecular complexity index is 1250. The van der Waals surface area contributed by atoms with E-state index in [0.29, 0.717) is 5.16 Å². The number of amides is 1. The number of carbonyl (C=O) groups is 1. The van der Waals surface area contributed by atoms with E-state index in [9.17, 15) is 14.4 Å². The van der Waals surface area contributed by atoms with Gasteiger partial charge in [0, 0.05) is 19.5 Å². The number of thioether (sulfide) groups is 1. The zero-order chi connectivity index (χ0) is 23.4. The Hall–Kier alpha value is -3.34. The predicted octanol–water partition coefficient (Wildman–Crippen LogP) is 1.63. The van der Waals surface area contributed by atoms with Gasteiger partial charge in [-0.2, -0.15) is 0 Å². The zero-order valence-electron chi connectivity index (χ0n) is 18.5. The van der Waals surface area contributed by atoms with Crippen molar-refractivity contribution in [2.24, 2.45) is 0 Å². The molecular weight excluding hydrogens is 442 g/mol. The molecular formula is C22H27N7O3S. The second-order valence-electron chi connectivity index (χ2n) is 7.85. The molecule has 0 fully saturated rings. The van der Waals surface area contributed by atoms with Crippen LogP contribution in [0, 0.1) is 0 Å². The molecule has 0 saturated heterocycles. The van der Waals surface area contributed by atoms with Crippen LogP contribution >= 0.6 is 11.8 Å². The summed E-state index contributed by atoms with van der Waals surface area (Å²) in [7, 11) is 0. The van der Waals surface area contributed by atoms with Crippen LogP contribution in [0.15, 0.2) is 45.1 Å². The van der Waals surface area contributed by atoms with E-state index >= 15 is 0 Å². The lowest BCUT2D eigenvalue weighted by Gasteiger charge is -2.23. The standard InChI is InChI=1S/C22H27N7O3S/c1-2-27(17(30)14-33-22-26-25-16-11-7-4-8-12-28(16)22)18-19(23)29(21(32)24-20(18)31)13-15-9-5-3-6-10-15/h3,5-6,9-10H,2,4,7-8,11-14,23H2,1H3,(H,24,31,32). The van der Waals surface area contributed by atoms with Crippen LogP contribution in [-0.4, -0.2) is 42.5 Å². The third-order valence-electron chi connectivity index (χ3n) is 5.69. The molecule has 0 spiro atoms. The molecule has 0 radical (unpaired) electrons. The topological polar surface area (TPSA) is 132 Å². The summed E-state index contributed by atoms with van der Waals surface area (Å²) in [6.45, 7) is 3.01. The Kier molecular flexibility index (Phi) is 6.97. The summed E-state index contributed by atoms with van der Waals surface area (Å²) in [4.78, 5) is 41.8. The third-order valence-corrected chi connectivity index (χ3v) is 6.64. The molecule has 3 aromatic rings. The van der Waals surface area contributed by atoms with Crippen molar-refractivity contribution in [3.8, 4) is 0 Å². The van der Waals surface area contributed by atoms with Crippen LogP contribution < -0.4 is 21.9 Å². The Morgan fingerprint density at radius 1 is 1.18 bits per heavy atom. The maximum Gasteiger partial charge on any atom is 0.330 e. The fourth-order valence-electron chi connectivity index (χ4n) is 3.99. The number of hydrogen-bond acceptors (Lipinski definition) is 7. The van der Waals surface area contributed by atoms with E-state index < -0.39 is 11.2 Å². The highest BCUT2D eigenvalue weighted by Gasteiger charge is 2.24. The number of nitrogens with two attached hydrogens (primary N) is 1. The molecule has 1 amide bonds. The van der Waals surface area contributed by atoms with Crippen molar-refractivity contribution in [1.82, 2.24) is 24.3 Å². The van der Waals surface area contributed by atoms with Crippen LogP contribution in [0.25, 0.3) is 0 Å². The number of anilines is 2. The number of carbonyl (C=O) groups excluding carboxylic acids is 1. The number of nitrogens with zero attached hydrogens (tertiary/aromatic N) is 5. The number of H-pyrrole nitrogens is 1. The molecule has 174 valence electrons. The van der Waals surface area contributed by atoms with Crippen LogP contribution in [0.4, 0.5) is 11.5 Å². The second kappa shape index (κ2) is 10.1. The van der Waals surface area contributed by atoms with Gasteiger partial charge < -0.3 is 15.2 Å². The average Bonchev–Trinajstić information content (AvgIpc) is 3.04. The van der Waals surface area contributed by atoms with E-state index in [2.05, 4.69) is 19.7 Å². The van der Waals surface area contributed by atoms with E-state index in [-0.39, 0.29) is 36.3 Å². The fraction of sp³-hybridized carbons (Fsp3) is 0.409. The first-order valence-electron chi connectivity index (χ1n) is 11.0. The lowest BCUT2D eigenvalue weighted by molar-refractivity contribution is -0.116. The molecule has 1 aliphatic rings. The Labute approximate surface area is 194 Å². The molecule has 1 aromatic carbocycles. The summed E-state index contributed by atoms with van der Waals surface area (Å²) in [5.41, 5.74) is 5.80. The molecule has 1 aliphatic heterocycles. The van der Waals surface area contributed by atoms with Crippen LogP contribution in [0.3, 0.4) is 0 Å². The zero-order valence-corrected chi connectivity index (χ0v) is 19.3. The molecule has 3 N–H and O–H groups in total. The first-order valence-corrected chi connectivity index (χ1v) is 12.0. The quantitative estimate of drug-likeness (QED) is 0.503. The molecule has 2 aromatic heterocycles. The molecule has 3 heterocycles. The first kappa shape index (κ1) is 22.8. The minimum Gasteiger partial charge on any atom is -0.383 e. The summed E-state index contributed by atoms with van der Waals surface area (Å²) in [5, 5.41) is 9.21. The lowest BCUT2D eigenvalue weighted by atomic mass is 10.2. The second-order valence-corrected chi connectivity index (χ2v) is 8.80. The van der Waals surface area contributed by atoms with Crippen LogP contribution in [0.2, 0.25) is 0 Å². The van der Waals surface area contributed by atoms with Gasteiger partial charge in [0.05, 0.1) is 12.3 Å². The molecule has 0 unspecified atom stereocenters. The van der Waals surface area contributed by atoms with Crippen LogP contribution in [0.5, 0.6) is 0 Å². The number of nitrogens with one attached hydrogen (secondary N) is 1. The summed E-state index contributed by atoms with van der Waals surface area (Å²) in [5.74, 6) is 0.686. The molecule has 0 atom stereocenters. The smallest absolute Gasteiger partial charge is 0.330 e. The summed E-state index contributed by atoms with van der Waals surface area (Å²) >= 11 is 1.30. The van der Waals surface area contributed by atoms with Gasteiger partial charge in [-0.3, -0.25) is 19.1 Å². The maximum absolute atomic E-state index is 13.1. The number of nitrogen functional groups attached to an aromatic ring is 1. The van der Waals surface area contributed by atoms with Gasteiger partial charge in [-0.05, 0) is 25.3 Å². The van der Waals surface area contributed by atoms with E-state index in [1.54, 1.807) is 6.92 Å². The highest BCUT2D eigenvalue weighted by molar-refractivity contribution is 7.99. The SMILES string of the molecule is CCN(C(=O)CSc1nnc2n1CCCCC2)c1c(N)n(Cc2ccccc2)c(=O)[nH]c1=O. The number of benzene rings is 1. The Morgan fingerprint density at radius 3 is 2.73 bits per heavy atom. The van der Waals surface area contributed by atoms with Crippen LogP contribution in [0.1, 0.15) is 37.6 Å². The number of rotatable bonds is 7.